The average molecular weight is 465 g/mol. The van der Waals surface area contributed by atoms with Crippen LogP contribution in [0.4, 0.5) is 14.5 Å². The first kappa shape index (κ1) is 22.4. The number of pyridine rings is 1. The molecular formula is C25H19ClF2N4O. The molecule has 0 bridgehead atoms. The van der Waals surface area contributed by atoms with Gasteiger partial charge in [-0.3, -0.25) is 4.98 Å². The van der Waals surface area contributed by atoms with Crippen molar-refractivity contribution in [2.45, 2.75) is 19.9 Å². The van der Waals surface area contributed by atoms with Crippen molar-refractivity contribution in [1.29, 1.82) is 0 Å². The zero-order chi connectivity index (χ0) is 23.2. The van der Waals surface area contributed by atoms with E-state index in [1.165, 1.54) is 0 Å². The summed E-state index contributed by atoms with van der Waals surface area (Å²) >= 11 is 6.03. The maximum Gasteiger partial charge on any atom is 0.314 e. The number of anilines is 1. The highest BCUT2D eigenvalue weighted by molar-refractivity contribution is 6.30. The summed E-state index contributed by atoms with van der Waals surface area (Å²) < 4.78 is 30.3. The Kier molecular flexibility index (Phi) is 6.96. The van der Waals surface area contributed by atoms with Gasteiger partial charge in [-0.2, -0.15) is 8.78 Å². The second kappa shape index (κ2) is 10.2. The number of benzene rings is 2. The van der Waals surface area contributed by atoms with E-state index in [0.29, 0.717) is 17.1 Å². The molecule has 0 aliphatic carbocycles. The summed E-state index contributed by atoms with van der Waals surface area (Å²) in [4.78, 5) is 6.59. The van der Waals surface area contributed by atoms with Crippen LogP contribution in [-0.4, -0.2) is 21.7 Å². The minimum absolute atomic E-state index is 0.0164. The highest BCUT2D eigenvalue weighted by atomic mass is 35.5. The molecule has 2 aromatic carbocycles. The van der Waals surface area contributed by atoms with Gasteiger partial charge in [0.15, 0.2) is 0 Å². The lowest BCUT2D eigenvalue weighted by molar-refractivity contribution is 0.116. The molecule has 33 heavy (non-hydrogen) atoms. The van der Waals surface area contributed by atoms with E-state index in [1.54, 1.807) is 12.3 Å². The van der Waals surface area contributed by atoms with Gasteiger partial charge in [0.2, 0.25) is 5.89 Å². The van der Waals surface area contributed by atoms with Crippen LogP contribution in [-0.2, 0) is 6.54 Å². The SMILES string of the molecule is CCN(Cc1ccc(-c2nnc(C(F)F)o2)cn1)c1cccc(C#Cc2cccc(Cl)c2)c1. The van der Waals surface area contributed by atoms with Crippen molar-refractivity contribution in [2.24, 2.45) is 0 Å². The third-order valence-electron chi connectivity index (χ3n) is 4.82. The molecule has 0 spiro atoms. The van der Waals surface area contributed by atoms with E-state index < -0.39 is 12.3 Å². The second-order valence-corrected chi connectivity index (χ2v) is 7.55. The fourth-order valence-electron chi connectivity index (χ4n) is 3.16. The number of aromatic nitrogens is 3. The summed E-state index contributed by atoms with van der Waals surface area (Å²) in [5.74, 6) is 5.63. The molecule has 0 atom stereocenters. The molecule has 0 aliphatic rings. The summed E-state index contributed by atoms with van der Waals surface area (Å²) in [7, 11) is 0. The molecule has 2 heterocycles. The van der Waals surface area contributed by atoms with Crippen LogP contribution in [0.5, 0.6) is 0 Å². The van der Waals surface area contributed by atoms with Crippen LogP contribution < -0.4 is 4.90 Å². The molecule has 4 rings (SSSR count). The van der Waals surface area contributed by atoms with E-state index in [2.05, 4.69) is 38.8 Å². The molecule has 0 saturated carbocycles. The van der Waals surface area contributed by atoms with Gasteiger partial charge in [-0.15, -0.1) is 10.2 Å². The molecule has 0 fully saturated rings. The van der Waals surface area contributed by atoms with E-state index >= 15 is 0 Å². The smallest absolute Gasteiger partial charge is 0.314 e. The van der Waals surface area contributed by atoms with E-state index in [4.69, 9.17) is 16.0 Å². The van der Waals surface area contributed by atoms with Gasteiger partial charge in [0.05, 0.1) is 17.8 Å². The molecule has 0 N–H and O–H groups in total. The zero-order valence-electron chi connectivity index (χ0n) is 17.7. The first-order chi connectivity index (χ1) is 16.0. The summed E-state index contributed by atoms with van der Waals surface area (Å²) in [6.45, 7) is 3.38. The van der Waals surface area contributed by atoms with Crippen LogP contribution in [0.2, 0.25) is 5.02 Å². The Morgan fingerprint density at radius 2 is 1.76 bits per heavy atom. The van der Waals surface area contributed by atoms with Crippen LogP contribution in [0.15, 0.2) is 71.3 Å². The molecular weight excluding hydrogens is 446 g/mol. The Morgan fingerprint density at radius 3 is 2.39 bits per heavy atom. The van der Waals surface area contributed by atoms with E-state index in [9.17, 15) is 8.78 Å². The second-order valence-electron chi connectivity index (χ2n) is 7.11. The van der Waals surface area contributed by atoms with Gasteiger partial charge in [-0.1, -0.05) is 35.6 Å². The number of alkyl halides is 2. The maximum absolute atomic E-state index is 12.7. The van der Waals surface area contributed by atoms with Crippen molar-refractivity contribution in [2.75, 3.05) is 11.4 Å². The lowest BCUT2D eigenvalue weighted by Crippen LogP contribution is -2.22. The van der Waals surface area contributed by atoms with E-state index in [1.807, 2.05) is 54.6 Å². The first-order valence-electron chi connectivity index (χ1n) is 10.2. The van der Waals surface area contributed by atoms with E-state index in [0.717, 1.165) is 29.1 Å². The Morgan fingerprint density at radius 1 is 1.00 bits per heavy atom. The van der Waals surface area contributed by atoms with Crippen molar-refractivity contribution < 1.29 is 13.2 Å². The number of nitrogens with zero attached hydrogens (tertiary/aromatic N) is 4. The van der Waals surface area contributed by atoms with Crippen molar-refractivity contribution in [3.63, 3.8) is 0 Å². The highest BCUT2D eigenvalue weighted by Crippen LogP contribution is 2.23. The Labute approximate surface area is 195 Å². The number of hydrogen-bond donors (Lipinski definition) is 0. The van der Waals surface area contributed by atoms with Crippen molar-refractivity contribution in [3.8, 4) is 23.3 Å². The van der Waals surface area contributed by atoms with Crippen molar-refractivity contribution in [1.82, 2.24) is 15.2 Å². The monoisotopic (exact) mass is 464 g/mol. The topological polar surface area (TPSA) is 55.1 Å². The molecule has 2 aromatic heterocycles. The standard InChI is InChI=1S/C25H19ClF2N4O/c1-2-32(16-21-12-11-19(15-29-21)24-30-31-25(33-24)23(27)28)22-8-4-6-18(14-22)10-9-17-5-3-7-20(26)13-17/h3-8,11-15,23H,2,16H2,1H3. The van der Waals surface area contributed by atoms with Gasteiger partial charge in [0.1, 0.15) is 0 Å². The van der Waals surface area contributed by atoms with E-state index in [-0.39, 0.29) is 5.89 Å². The van der Waals surface area contributed by atoms with Crippen molar-refractivity contribution >= 4 is 17.3 Å². The predicted molar refractivity (Wildman–Crippen MR) is 123 cm³/mol. The third-order valence-corrected chi connectivity index (χ3v) is 5.06. The minimum atomic E-state index is -2.80. The summed E-state index contributed by atoms with van der Waals surface area (Å²) in [5, 5.41) is 7.64. The van der Waals surface area contributed by atoms with Gasteiger partial charge in [0, 0.05) is 34.6 Å². The molecule has 8 heteroatoms. The quantitative estimate of drug-likeness (QED) is 0.320. The Balaban J connectivity index is 1.48. The predicted octanol–water partition coefficient (Wildman–Crippen LogP) is 6.15. The lowest BCUT2D eigenvalue weighted by Gasteiger charge is -2.23. The Hall–Kier alpha value is -3.76. The summed E-state index contributed by atoms with van der Waals surface area (Å²) in [6, 6.07) is 18.9. The minimum Gasteiger partial charge on any atom is -0.415 e. The fraction of sp³-hybridized carbons (Fsp3) is 0.160. The van der Waals surface area contributed by atoms with Gasteiger partial charge in [-0.25, -0.2) is 0 Å². The van der Waals surface area contributed by atoms with Crippen LogP contribution in [0.3, 0.4) is 0 Å². The van der Waals surface area contributed by atoms with Gasteiger partial charge in [0.25, 0.3) is 5.89 Å². The normalized spacial score (nSPS) is 10.7. The maximum atomic E-state index is 12.7. The van der Waals surface area contributed by atoms with Crippen LogP contribution in [0, 0.1) is 11.8 Å². The number of rotatable bonds is 6. The van der Waals surface area contributed by atoms with Gasteiger partial charge >= 0.3 is 6.43 Å². The van der Waals surface area contributed by atoms with Gasteiger partial charge < -0.3 is 9.32 Å². The fourth-order valence-corrected chi connectivity index (χ4v) is 3.35. The third kappa shape index (κ3) is 5.73. The first-order valence-corrected chi connectivity index (χ1v) is 10.6. The Bertz CT molecular complexity index is 1300. The summed E-state index contributed by atoms with van der Waals surface area (Å²) in [6.07, 6.45) is -1.26. The molecule has 5 nitrogen and oxygen atoms in total. The molecule has 0 amide bonds. The molecule has 4 aromatic rings. The van der Waals surface area contributed by atoms with Crippen LogP contribution in [0.1, 0.15) is 36.1 Å². The molecule has 166 valence electrons. The largest absolute Gasteiger partial charge is 0.415 e. The number of hydrogen-bond acceptors (Lipinski definition) is 5. The van der Waals surface area contributed by atoms with Crippen molar-refractivity contribution in [3.05, 3.63) is 94.6 Å². The van der Waals surface area contributed by atoms with Gasteiger partial charge in [-0.05, 0) is 55.5 Å². The number of halogens is 3. The highest BCUT2D eigenvalue weighted by Gasteiger charge is 2.17. The van der Waals surface area contributed by atoms with Crippen LogP contribution >= 0.6 is 11.6 Å². The molecule has 0 aliphatic heterocycles. The molecule has 0 unspecified atom stereocenters. The zero-order valence-corrected chi connectivity index (χ0v) is 18.4. The van der Waals surface area contributed by atoms with Crippen LogP contribution in [0.25, 0.3) is 11.5 Å². The average Bonchev–Trinajstić information content (AvgIpc) is 3.33. The molecule has 0 radical (unpaired) electrons. The summed E-state index contributed by atoms with van der Waals surface area (Å²) in [5.41, 5.74) is 4.05. The molecule has 0 saturated heterocycles. The lowest BCUT2D eigenvalue weighted by atomic mass is 10.1.